The van der Waals surface area contributed by atoms with Crippen LogP contribution in [-0.2, 0) is 17.0 Å². The highest BCUT2D eigenvalue weighted by Gasteiger charge is 2.16. The smallest absolute Gasteiger partial charge is 0.260 e. The maximum Gasteiger partial charge on any atom is 0.260 e. The molecular formula is C24H22N6O2S2. The van der Waals surface area contributed by atoms with E-state index < -0.39 is 0 Å². The molecule has 5 aromatic rings. The van der Waals surface area contributed by atoms with Gasteiger partial charge in [-0.2, -0.15) is 0 Å². The van der Waals surface area contributed by atoms with Crippen LogP contribution in [0.3, 0.4) is 0 Å². The standard InChI is InChI=1S/C24H22N6O2S2/c1-15(22(31)25-11-10-20-29-28-19-9-5-6-12-30(19)20)33-14-18-26-23(32)21-17(13-34-24(21)27-18)16-7-3-2-4-8-16/h2-9,12-13,15H,10-11,14H2,1H3,(H,25,31)(H,26,27,32). The number of nitrogens with one attached hydrogen (secondary N) is 2. The lowest BCUT2D eigenvalue weighted by Gasteiger charge is -2.11. The first-order chi connectivity index (χ1) is 16.6. The number of hydrogen-bond donors (Lipinski definition) is 2. The van der Waals surface area contributed by atoms with Gasteiger partial charge in [0.1, 0.15) is 16.5 Å². The van der Waals surface area contributed by atoms with Crippen LogP contribution in [0.2, 0.25) is 0 Å². The lowest BCUT2D eigenvalue weighted by Crippen LogP contribution is -2.32. The fourth-order valence-corrected chi connectivity index (χ4v) is 5.42. The van der Waals surface area contributed by atoms with Crippen LogP contribution in [0.4, 0.5) is 0 Å². The molecule has 0 radical (unpaired) electrons. The number of benzene rings is 1. The predicted molar refractivity (Wildman–Crippen MR) is 136 cm³/mol. The third kappa shape index (κ3) is 4.59. The normalized spacial score (nSPS) is 12.3. The van der Waals surface area contributed by atoms with Gasteiger partial charge in [0, 0.05) is 30.1 Å². The van der Waals surface area contributed by atoms with Gasteiger partial charge in [-0.05, 0) is 24.6 Å². The van der Waals surface area contributed by atoms with E-state index in [0.717, 1.165) is 22.6 Å². The molecule has 0 spiro atoms. The molecule has 0 bridgehead atoms. The van der Waals surface area contributed by atoms with Crippen LogP contribution in [-0.4, -0.2) is 42.3 Å². The van der Waals surface area contributed by atoms with Gasteiger partial charge in [0.15, 0.2) is 5.65 Å². The SMILES string of the molecule is CC(SCc1nc2scc(-c3ccccc3)c2c(=O)[nH]1)C(=O)NCCc1nnc2ccccn12. The molecule has 10 heteroatoms. The highest BCUT2D eigenvalue weighted by Crippen LogP contribution is 2.30. The Morgan fingerprint density at radius 3 is 2.85 bits per heavy atom. The molecule has 1 amide bonds. The summed E-state index contributed by atoms with van der Waals surface area (Å²) in [6, 6.07) is 15.5. The minimum Gasteiger partial charge on any atom is -0.355 e. The van der Waals surface area contributed by atoms with Crippen molar-refractivity contribution in [3.8, 4) is 11.1 Å². The molecule has 4 heterocycles. The van der Waals surface area contributed by atoms with Crippen LogP contribution in [0, 0.1) is 0 Å². The van der Waals surface area contributed by atoms with Crippen molar-refractivity contribution in [1.29, 1.82) is 0 Å². The highest BCUT2D eigenvalue weighted by molar-refractivity contribution is 7.99. The first-order valence-corrected chi connectivity index (χ1v) is 12.8. The van der Waals surface area contributed by atoms with Crippen molar-refractivity contribution in [3.63, 3.8) is 0 Å². The zero-order chi connectivity index (χ0) is 23.5. The molecule has 172 valence electrons. The Kier molecular flexibility index (Phi) is 6.41. The molecular weight excluding hydrogens is 468 g/mol. The molecule has 5 rings (SSSR count). The largest absolute Gasteiger partial charge is 0.355 e. The third-order valence-corrected chi connectivity index (χ3v) is 7.48. The second-order valence-electron chi connectivity index (χ2n) is 7.75. The summed E-state index contributed by atoms with van der Waals surface area (Å²) < 4.78 is 1.91. The predicted octanol–water partition coefficient (Wildman–Crippen LogP) is 3.67. The van der Waals surface area contributed by atoms with Crippen LogP contribution < -0.4 is 10.9 Å². The highest BCUT2D eigenvalue weighted by atomic mass is 32.2. The first-order valence-electron chi connectivity index (χ1n) is 10.8. The molecule has 1 atom stereocenters. The van der Waals surface area contributed by atoms with E-state index >= 15 is 0 Å². The van der Waals surface area contributed by atoms with Crippen LogP contribution in [0.5, 0.6) is 0 Å². The number of thioether (sulfide) groups is 1. The lowest BCUT2D eigenvalue weighted by molar-refractivity contribution is -0.120. The number of carbonyl (C=O) groups is 1. The van der Waals surface area contributed by atoms with Gasteiger partial charge >= 0.3 is 0 Å². The van der Waals surface area contributed by atoms with E-state index in [1.807, 2.05) is 71.4 Å². The molecule has 1 unspecified atom stereocenters. The molecule has 0 saturated carbocycles. The molecule has 4 aromatic heterocycles. The number of H-pyrrole nitrogens is 1. The fourth-order valence-electron chi connectivity index (χ4n) is 3.67. The van der Waals surface area contributed by atoms with Crippen molar-refractivity contribution < 1.29 is 4.79 Å². The number of pyridine rings is 1. The summed E-state index contributed by atoms with van der Waals surface area (Å²) in [6.07, 6.45) is 2.49. The average Bonchev–Trinajstić information content (AvgIpc) is 3.48. The number of hydrogen-bond acceptors (Lipinski definition) is 7. The molecule has 34 heavy (non-hydrogen) atoms. The summed E-state index contributed by atoms with van der Waals surface area (Å²) in [5.74, 6) is 1.74. The Labute approximate surface area is 203 Å². The van der Waals surface area contributed by atoms with Gasteiger partial charge in [-0.1, -0.05) is 36.4 Å². The maximum atomic E-state index is 12.8. The number of aromatic amines is 1. The minimum atomic E-state index is -0.292. The Balaban J connectivity index is 1.18. The van der Waals surface area contributed by atoms with Crippen LogP contribution >= 0.6 is 23.1 Å². The van der Waals surface area contributed by atoms with Gasteiger partial charge in [0.05, 0.1) is 16.4 Å². The van der Waals surface area contributed by atoms with E-state index in [9.17, 15) is 9.59 Å². The Hall–Kier alpha value is -3.50. The Morgan fingerprint density at radius 2 is 2.00 bits per heavy atom. The monoisotopic (exact) mass is 490 g/mol. The van der Waals surface area contributed by atoms with E-state index in [0.29, 0.717) is 34.8 Å². The summed E-state index contributed by atoms with van der Waals surface area (Å²) in [6.45, 7) is 2.32. The van der Waals surface area contributed by atoms with Gasteiger partial charge in [-0.25, -0.2) is 4.98 Å². The van der Waals surface area contributed by atoms with Gasteiger partial charge in [-0.15, -0.1) is 33.3 Å². The molecule has 0 fully saturated rings. The zero-order valence-corrected chi connectivity index (χ0v) is 20.0. The molecule has 1 aromatic carbocycles. The molecule has 0 aliphatic carbocycles. The lowest BCUT2D eigenvalue weighted by atomic mass is 10.1. The van der Waals surface area contributed by atoms with E-state index in [4.69, 9.17) is 0 Å². The van der Waals surface area contributed by atoms with Gasteiger partial charge < -0.3 is 10.3 Å². The summed E-state index contributed by atoms with van der Waals surface area (Å²) >= 11 is 2.89. The number of rotatable bonds is 8. The molecule has 0 saturated heterocycles. The van der Waals surface area contributed by atoms with Crippen molar-refractivity contribution in [2.75, 3.05) is 6.54 Å². The quantitative estimate of drug-likeness (QED) is 0.344. The number of aromatic nitrogens is 5. The second-order valence-corrected chi connectivity index (χ2v) is 9.93. The Morgan fingerprint density at radius 1 is 1.18 bits per heavy atom. The first kappa shape index (κ1) is 22.3. The fraction of sp³-hybridized carbons (Fsp3) is 0.208. The number of carbonyl (C=O) groups excluding carboxylic acids is 1. The van der Waals surface area contributed by atoms with Gasteiger partial charge in [0.2, 0.25) is 5.91 Å². The minimum absolute atomic E-state index is 0.0651. The second kappa shape index (κ2) is 9.78. The van der Waals surface area contributed by atoms with Gasteiger partial charge in [0.25, 0.3) is 5.56 Å². The average molecular weight is 491 g/mol. The van der Waals surface area contributed by atoms with E-state index in [1.54, 1.807) is 0 Å². The Bertz CT molecular complexity index is 1510. The molecule has 2 N–H and O–H groups in total. The van der Waals surface area contributed by atoms with Crippen molar-refractivity contribution >= 4 is 44.9 Å². The van der Waals surface area contributed by atoms with Crippen molar-refractivity contribution in [1.82, 2.24) is 29.9 Å². The van der Waals surface area contributed by atoms with Crippen LogP contribution in [0.1, 0.15) is 18.6 Å². The molecule has 0 aliphatic heterocycles. The summed E-state index contributed by atoms with van der Waals surface area (Å²) in [5, 5.41) is 13.5. The zero-order valence-electron chi connectivity index (χ0n) is 18.4. The molecule has 0 aliphatic rings. The molecule has 8 nitrogen and oxygen atoms in total. The van der Waals surface area contributed by atoms with E-state index in [2.05, 4.69) is 25.5 Å². The summed E-state index contributed by atoms with van der Waals surface area (Å²) in [7, 11) is 0. The van der Waals surface area contributed by atoms with Gasteiger partial charge in [-0.3, -0.25) is 14.0 Å². The van der Waals surface area contributed by atoms with E-state index in [1.165, 1.54) is 23.1 Å². The number of amides is 1. The number of thiophene rings is 1. The summed E-state index contributed by atoms with van der Waals surface area (Å²) in [5.41, 5.74) is 2.51. The number of fused-ring (bicyclic) bond motifs is 2. The number of nitrogens with zero attached hydrogens (tertiary/aromatic N) is 4. The van der Waals surface area contributed by atoms with Crippen molar-refractivity contribution in [3.05, 3.63) is 82.1 Å². The van der Waals surface area contributed by atoms with E-state index in [-0.39, 0.29) is 16.7 Å². The maximum absolute atomic E-state index is 12.8. The van der Waals surface area contributed by atoms with Crippen molar-refractivity contribution in [2.45, 2.75) is 24.3 Å². The topological polar surface area (TPSA) is 105 Å². The van der Waals surface area contributed by atoms with Crippen molar-refractivity contribution in [2.24, 2.45) is 0 Å². The van der Waals surface area contributed by atoms with Crippen LogP contribution in [0.15, 0.2) is 64.9 Å². The third-order valence-electron chi connectivity index (χ3n) is 5.45. The summed E-state index contributed by atoms with van der Waals surface area (Å²) in [4.78, 5) is 33.5. The van der Waals surface area contributed by atoms with Crippen LogP contribution in [0.25, 0.3) is 27.0 Å².